The van der Waals surface area contributed by atoms with Gasteiger partial charge in [0.1, 0.15) is 12.1 Å². The van der Waals surface area contributed by atoms with Crippen molar-refractivity contribution in [1.82, 2.24) is 14.9 Å². The maximum absolute atomic E-state index is 11.7. The zero-order valence-electron chi connectivity index (χ0n) is 12.1. The van der Waals surface area contributed by atoms with Crippen molar-refractivity contribution in [1.29, 1.82) is 0 Å². The molecule has 104 valence electrons. The number of carbonyl (C=O) groups is 1. The Morgan fingerprint density at radius 2 is 2.00 bits per heavy atom. The smallest absolute Gasteiger partial charge is 0.225 e. The Morgan fingerprint density at radius 1 is 1.32 bits per heavy atom. The van der Waals surface area contributed by atoms with Gasteiger partial charge in [-0.25, -0.2) is 9.97 Å². The zero-order chi connectivity index (χ0) is 14.0. The Bertz CT molecular complexity index is 453. The molecular weight excluding hydrogens is 240 g/mol. The minimum atomic E-state index is 0.0764. The van der Waals surface area contributed by atoms with Gasteiger partial charge in [0, 0.05) is 30.8 Å². The maximum Gasteiger partial charge on any atom is 0.225 e. The van der Waals surface area contributed by atoms with Gasteiger partial charge in [0.15, 0.2) is 0 Å². The maximum atomic E-state index is 11.7. The summed E-state index contributed by atoms with van der Waals surface area (Å²) in [6, 6.07) is 2.29. The number of nitrogens with one attached hydrogen (secondary N) is 1. The Morgan fingerprint density at radius 3 is 2.58 bits per heavy atom. The number of nitrogens with zero attached hydrogens (tertiary/aromatic N) is 3. The summed E-state index contributed by atoms with van der Waals surface area (Å²) in [5, 5.41) is 3.35. The van der Waals surface area contributed by atoms with E-state index in [1.807, 2.05) is 24.8 Å². The standard InChI is InChI=1S/C14H22N4O/c1-9(2)12-5-13(16-8-15-12)17-11-6-18(7-11)14(19)10(3)4/h5,8-11H,6-7H2,1-4H3,(H,15,16,17). The van der Waals surface area contributed by atoms with E-state index < -0.39 is 0 Å². The Labute approximate surface area is 114 Å². The highest BCUT2D eigenvalue weighted by molar-refractivity contribution is 5.79. The van der Waals surface area contributed by atoms with Crippen LogP contribution < -0.4 is 5.32 Å². The molecule has 1 aliphatic heterocycles. The average molecular weight is 262 g/mol. The number of hydrogen-bond acceptors (Lipinski definition) is 4. The monoisotopic (exact) mass is 262 g/mol. The molecule has 5 nitrogen and oxygen atoms in total. The Balaban J connectivity index is 1.88. The molecule has 1 fully saturated rings. The molecule has 0 radical (unpaired) electrons. The third-order valence-corrected chi connectivity index (χ3v) is 3.32. The molecule has 1 aromatic rings. The van der Waals surface area contributed by atoms with Crippen LogP contribution in [0.3, 0.4) is 0 Å². The van der Waals surface area contributed by atoms with Crippen LogP contribution in [0, 0.1) is 5.92 Å². The minimum Gasteiger partial charge on any atom is -0.364 e. The van der Waals surface area contributed by atoms with Crippen molar-refractivity contribution in [3.05, 3.63) is 18.1 Å². The number of aromatic nitrogens is 2. The lowest BCUT2D eigenvalue weighted by Gasteiger charge is -2.40. The van der Waals surface area contributed by atoms with Crippen molar-refractivity contribution in [2.24, 2.45) is 5.92 Å². The van der Waals surface area contributed by atoms with E-state index in [1.54, 1.807) is 6.33 Å². The van der Waals surface area contributed by atoms with Gasteiger partial charge in [-0.05, 0) is 5.92 Å². The van der Waals surface area contributed by atoms with Gasteiger partial charge >= 0.3 is 0 Å². The van der Waals surface area contributed by atoms with E-state index in [-0.39, 0.29) is 11.8 Å². The molecular formula is C14H22N4O. The average Bonchev–Trinajstić information content (AvgIpc) is 2.32. The van der Waals surface area contributed by atoms with Crippen molar-refractivity contribution >= 4 is 11.7 Å². The Hall–Kier alpha value is -1.65. The molecule has 1 aromatic heterocycles. The molecule has 19 heavy (non-hydrogen) atoms. The van der Waals surface area contributed by atoms with Crippen LogP contribution in [-0.2, 0) is 4.79 Å². The van der Waals surface area contributed by atoms with E-state index in [0.717, 1.165) is 24.6 Å². The molecule has 0 spiro atoms. The lowest BCUT2D eigenvalue weighted by molar-refractivity contribution is -0.138. The number of amides is 1. The molecule has 2 rings (SSSR count). The number of rotatable bonds is 4. The summed E-state index contributed by atoms with van der Waals surface area (Å²) < 4.78 is 0. The summed E-state index contributed by atoms with van der Waals surface area (Å²) in [5.41, 5.74) is 1.03. The van der Waals surface area contributed by atoms with Crippen LogP contribution >= 0.6 is 0 Å². The molecule has 0 atom stereocenters. The van der Waals surface area contributed by atoms with Crippen LogP contribution in [0.4, 0.5) is 5.82 Å². The first-order valence-electron chi connectivity index (χ1n) is 6.84. The second-order valence-corrected chi connectivity index (χ2v) is 5.72. The number of likely N-dealkylation sites (tertiary alicyclic amines) is 1. The molecule has 0 aliphatic carbocycles. The molecule has 2 heterocycles. The molecule has 1 amide bonds. The largest absolute Gasteiger partial charge is 0.364 e. The third-order valence-electron chi connectivity index (χ3n) is 3.32. The van der Waals surface area contributed by atoms with Gasteiger partial charge in [-0.15, -0.1) is 0 Å². The van der Waals surface area contributed by atoms with Gasteiger partial charge in [-0.1, -0.05) is 27.7 Å². The van der Waals surface area contributed by atoms with Crippen molar-refractivity contribution in [3.63, 3.8) is 0 Å². The number of carbonyl (C=O) groups excluding carboxylic acids is 1. The summed E-state index contributed by atoms with van der Waals surface area (Å²) in [5.74, 6) is 1.54. The van der Waals surface area contributed by atoms with Gasteiger partial charge in [0.25, 0.3) is 0 Å². The zero-order valence-corrected chi connectivity index (χ0v) is 12.1. The van der Waals surface area contributed by atoms with Gasteiger partial charge < -0.3 is 10.2 Å². The number of anilines is 1. The van der Waals surface area contributed by atoms with E-state index >= 15 is 0 Å². The molecule has 0 bridgehead atoms. The first kappa shape index (κ1) is 13.8. The highest BCUT2D eigenvalue weighted by Crippen LogP contribution is 2.18. The van der Waals surface area contributed by atoms with E-state index in [9.17, 15) is 4.79 Å². The summed E-state index contributed by atoms with van der Waals surface area (Å²) in [7, 11) is 0. The molecule has 1 aliphatic rings. The fourth-order valence-electron chi connectivity index (χ4n) is 2.09. The second kappa shape index (κ2) is 5.55. The highest BCUT2D eigenvalue weighted by atomic mass is 16.2. The van der Waals surface area contributed by atoms with Crippen molar-refractivity contribution < 1.29 is 4.79 Å². The summed E-state index contributed by atoms with van der Waals surface area (Å²) in [6.07, 6.45) is 1.59. The fourth-order valence-corrected chi connectivity index (χ4v) is 2.09. The SMILES string of the molecule is CC(C)C(=O)N1CC(Nc2cc(C(C)C)ncn2)C1. The number of hydrogen-bond donors (Lipinski definition) is 1. The van der Waals surface area contributed by atoms with Crippen LogP contribution in [0.25, 0.3) is 0 Å². The summed E-state index contributed by atoms with van der Waals surface area (Å²) in [4.78, 5) is 22.1. The van der Waals surface area contributed by atoms with Gasteiger partial charge in [0.2, 0.25) is 5.91 Å². The van der Waals surface area contributed by atoms with Crippen LogP contribution in [0.5, 0.6) is 0 Å². The van der Waals surface area contributed by atoms with E-state index in [0.29, 0.717) is 12.0 Å². The Kier molecular flexibility index (Phi) is 4.02. The van der Waals surface area contributed by atoms with E-state index in [2.05, 4.69) is 29.1 Å². The topological polar surface area (TPSA) is 58.1 Å². The summed E-state index contributed by atoms with van der Waals surface area (Å²) in [6.45, 7) is 9.61. The minimum absolute atomic E-state index is 0.0764. The van der Waals surface area contributed by atoms with Gasteiger partial charge in [0.05, 0.1) is 6.04 Å². The van der Waals surface area contributed by atoms with Crippen LogP contribution in [-0.4, -0.2) is 39.9 Å². The van der Waals surface area contributed by atoms with Crippen molar-refractivity contribution in [2.75, 3.05) is 18.4 Å². The van der Waals surface area contributed by atoms with Crippen LogP contribution in [0.15, 0.2) is 12.4 Å². The normalized spacial score (nSPS) is 15.8. The summed E-state index contributed by atoms with van der Waals surface area (Å²) >= 11 is 0. The van der Waals surface area contributed by atoms with E-state index in [1.165, 1.54) is 0 Å². The lowest BCUT2D eigenvalue weighted by Crippen LogP contribution is -2.58. The molecule has 1 N–H and O–H groups in total. The van der Waals surface area contributed by atoms with Crippen LogP contribution in [0.2, 0.25) is 0 Å². The van der Waals surface area contributed by atoms with E-state index in [4.69, 9.17) is 0 Å². The highest BCUT2D eigenvalue weighted by Gasteiger charge is 2.31. The first-order chi connectivity index (χ1) is 8.97. The van der Waals surface area contributed by atoms with Crippen molar-refractivity contribution in [3.8, 4) is 0 Å². The third kappa shape index (κ3) is 3.22. The van der Waals surface area contributed by atoms with Gasteiger partial charge in [-0.2, -0.15) is 0 Å². The first-order valence-corrected chi connectivity index (χ1v) is 6.84. The molecule has 0 unspecified atom stereocenters. The fraction of sp³-hybridized carbons (Fsp3) is 0.643. The molecule has 0 aromatic carbocycles. The lowest BCUT2D eigenvalue weighted by atomic mass is 10.1. The molecule has 1 saturated heterocycles. The predicted octanol–water partition coefficient (Wildman–Crippen LogP) is 1.88. The van der Waals surface area contributed by atoms with Gasteiger partial charge in [-0.3, -0.25) is 4.79 Å². The predicted molar refractivity (Wildman–Crippen MR) is 74.9 cm³/mol. The van der Waals surface area contributed by atoms with Crippen LogP contribution in [0.1, 0.15) is 39.3 Å². The quantitative estimate of drug-likeness (QED) is 0.900. The van der Waals surface area contributed by atoms with Crippen molar-refractivity contribution in [2.45, 2.75) is 39.7 Å². The molecule has 0 saturated carbocycles. The molecule has 5 heteroatoms. The second-order valence-electron chi connectivity index (χ2n) is 5.72.